The van der Waals surface area contributed by atoms with Gasteiger partial charge in [-0.2, -0.15) is 0 Å². The summed E-state index contributed by atoms with van der Waals surface area (Å²) in [5, 5.41) is 4.47. The molecule has 0 N–H and O–H groups in total. The van der Waals surface area contributed by atoms with Gasteiger partial charge in [0.25, 0.3) is 0 Å². The van der Waals surface area contributed by atoms with Crippen LogP contribution in [-0.2, 0) is 12.8 Å². The lowest BCUT2D eigenvalue weighted by Gasteiger charge is -2.37. The van der Waals surface area contributed by atoms with E-state index in [0.717, 1.165) is 19.3 Å². The second-order valence-corrected chi connectivity index (χ2v) is 13.1. The first-order chi connectivity index (χ1) is 13.0. The van der Waals surface area contributed by atoms with Gasteiger partial charge in [0.2, 0.25) is 0 Å². The van der Waals surface area contributed by atoms with Crippen LogP contribution in [0.15, 0.2) is 72.3 Å². The lowest BCUT2D eigenvalue weighted by Crippen LogP contribution is -2.48. The molecule has 1 unspecified atom stereocenters. The molecule has 0 aromatic heterocycles. The van der Waals surface area contributed by atoms with Gasteiger partial charge in [-0.15, -0.1) is 0 Å². The van der Waals surface area contributed by atoms with Gasteiger partial charge in [0.1, 0.15) is 0 Å². The zero-order valence-corrected chi connectivity index (χ0v) is 18.0. The molecular formula is C26H30Si. The van der Waals surface area contributed by atoms with Gasteiger partial charge in [0, 0.05) is 5.54 Å². The highest BCUT2D eigenvalue weighted by molar-refractivity contribution is 6.93. The molecule has 3 aromatic rings. The van der Waals surface area contributed by atoms with Crippen LogP contribution >= 0.6 is 0 Å². The average Bonchev–Trinajstić information content (AvgIpc) is 2.71. The van der Waals surface area contributed by atoms with Gasteiger partial charge in [-0.3, -0.25) is 0 Å². The van der Waals surface area contributed by atoms with E-state index >= 15 is 0 Å². The lowest BCUT2D eigenvalue weighted by molar-refractivity contribution is 0.913. The van der Waals surface area contributed by atoms with Gasteiger partial charge in [-0.25, -0.2) is 0 Å². The Balaban J connectivity index is 1.94. The van der Waals surface area contributed by atoms with Crippen molar-refractivity contribution in [3.63, 3.8) is 0 Å². The molecule has 0 saturated carbocycles. The minimum atomic E-state index is -1.78. The van der Waals surface area contributed by atoms with Crippen LogP contribution in [0.25, 0.3) is 10.8 Å². The topological polar surface area (TPSA) is 0 Å². The summed E-state index contributed by atoms with van der Waals surface area (Å²) < 4.78 is 0. The molecule has 0 saturated heterocycles. The van der Waals surface area contributed by atoms with E-state index in [1.54, 1.807) is 21.9 Å². The number of allylic oxidation sites excluding steroid dienone is 2. The van der Waals surface area contributed by atoms with Crippen LogP contribution in [-0.4, -0.2) is 8.07 Å². The fourth-order valence-electron chi connectivity index (χ4n) is 4.75. The number of benzene rings is 3. The first-order valence-electron chi connectivity index (χ1n) is 10.3. The molecule has 1 atom stereocenters. The number of rotatable bonds is 4. The predicted molar refractivity (Wildman–Crippen MR) is 122 cm³/mol. The van der Waals surface area contributed by atoms with Crippen LogP contribution in [0.4, 0.5) is 0 Å². The first-order valence-corrected chi connectivity index (χ1v) is 13.4. The Bertz CT molecular complexity index is 1010. The molecule has 4 rings (SSSR count). The third-order valence-electron chi connectivity index (χ3n) is 6.47. The van der Waals surface area contributed by atoms with E-state index in [1.807, 2.05) is 0 Å². The first kappa shape index (κ1) is 18.2. The smallest absolute Gasteiger partial charge is 0.0798 e. The molecule has 0 aliphatic heterocycles. The maximum atomic E-state index is 2.63. The maximum absolute atomic E-state index is 2.63. The zero-order valence-electron chi connectivity index (χ0n) is 17.0. The third-order valence-corrected chi connectivity index (χ3v) is 10.3. The van der Waals surface area contributed by atoms with Gasteiger partial charge < -0.3 is 0 Å². The number of aryl methyl sites for hydroxylation is 1. The highest BCUT2D eigenvalue weighted by Gasteiger charge is 2.37. The fraction of sp³-hybridized carbons (Fsp3) is 0.308. The lowest BCUT2D eigenvalue weighted by atomic mass is 9.90. The molecular weight excluding hydrogens is 340 g/mol. The highest BCUT2D eigenvalue weighted by atomic mass is 28.3. The molecule has 0 fully saturated rings. The quantitative estimate of drug-likeness (QED) is 0.361. The van der Waals surface area contributed by atoms with Crippen LogP contribution < -0.4 is 5.19 Å². The molecule has 3 aromatic carbocycles. The minimum absolute atomic E-state index is 0.549. The van der Waals surface area contributed by atoms with Crippen LogP contribution in [0.5, 0.6) is 0 Å². The fourth-order valence-corrected chi connectivity index (χ4v) is 8.27. The summed E-state index contributed by atoms with van der Waals surface area (Å²) >= 11 is 0. The highest BCUT2D eigenvalue weighted by Crippen LogP contribution is 2.38. The Morgan fingerprint density at radius 2 is 1.63 bits per heavy atom. The number of fused-ring (bicyclic) bond motifs is 2. The van der Waals surface area contributed by atoms with Crippen molar-refractivity contribution in [2.75, 3.05) is 0 Å². The number of hydrogen-bond donors (Lipinski definition) is 0. The van der Waals surface area contributed by atoms with Gasteiger partial charge in [-0.05, 0) is 46.7 Å². The monoisotopic (exact) mass is 370 g/mol. The molecule has 0 amide bonds. The number of hydrogen-bond acceptors (Lipinski definition) is 0. The van der Waals surface area contributed by atoms with Crippen LogP contribution in [0, 0.1) is 0 Å². The molecule has 0 spiro atoms. The second-order valence-electron chi connectivity index (χ2n) is 8.47. The Morgan fingerprint density at radius 1 is 0.889 bits per heavy atom. The van der Waals surface area contributed by atoms with Gasteiger partial charge in [-0.1, -0.05) is 104 Å². The van der Waals surface area contributed by atoms with E-state index in [9.17, 15) is 0 Å². The van der Waals surface area contributed by atoms with Crippen LogP contribution in [0.1, 0.15) is 42.5 Å². The standard InChI is InChI=1S/C26H30Si/c1-5-19-15-21-11-7-9-13-23(21)25(17-19)27(3,4)26-18-20(6-2)16-22-12-8-10-14-24(22)26/h7-15,17-18,26H,5-6,16H2,1-4H3. The van der Waals surface area contributed by atoms with E-state index in [4.69, 9.17) is 0 Å². The summed E-state index contributed by atoms with van der Waals surface area (Å²) in [5.74, 6) is 0. The van der Waals surface area contributed by atoms with E-state index < -0.39 is 8.07 Å². The SMILES string of the molecule is CCC1=CC([Si](C)(C)c2cc(CC)cc3ccccc23)c2ccccc2C1. The summed E-state index contributed by atoms with van der Waals surface area (Å²) in [6, 6.07) is 23.0. The van der Waals surface area contributed by atoms with Crippen molar-refractivity contribution in [2.45, 2.75) is 51.7 Å². The van der Waals surface area contributed by atoms with Gasteiger partial charge in [0.05, 0.1) is 8.07 Å². The van der Waals surface area contributed by atoms with Crippen molar-refractivity contribution >= 4 is 24.0 Å². The third kappa shape index (κ3) is 3.19. The molecule has 1 aliphatic rings. The van der Waals surface area contributed by atoms with E-state index in [-0.39, 0.29) is 0 Å². The zero-order chi connectivity index (χ0) is 19.0. The molecule has 1 heteroatoms. The molecule has 0 radical (unpaired) electrons. The van der Waals surface area contributed by atoms with Gasteiger partial charge in [0.15, 0.2) is 0 Å². The Hall–Kier alpha value is -2.12. The summed E-state index contributed by atoms with van der Waals surface area (Å²) in [5.41, 5.74) is 6.73. The van der Waals surface area contributed by atoms with Crippen molar-refractivity contribution in [1.82, 2.24) is 0 Å². The Labute approximate surface area is 165 Å². The van der Waals surface area contributed by atoms with Crippen molar-refractivity contribution < 1.29 is 0 Å². The average molecular weight is 371 g/mol. The summed E-state index contributed by atoms with van der Waals surface area (Å²) in [7, 11) is -1.78. The normalized spacial score (nSPS) is 16.9. The van der Waals surface area contributed by atoms with Gasteiger partial charge >= 0.3 is 0 Å². The molecule has 27 heavy (non-hydrogen) atoms. The minimum Gasteiger partial charge on any atom is -0.0798 e. The van der Waals surface area contributed by atoms with Crippen molar-refractivity contribution in [3.05, 3.63) is 89.0 Å². The van der Waals surface area contributed by atoms with Crippen LogP contribution in [0.2, 0.25) is 13.1 Å². The predicted octanol–water partition coefficient (Wildman–Crippen LogP) is 6.53. The maximum Gasteiger partial charge on any atom is 0.0927 e. The summed E-state index contributed by atoms with van der Waals surface area (Å²) in [6.07, 6.45) is 6.01. The van der Waals surface area contributed by atoms with E-state index in [1.165, 1.54) is 16.3 Å². The molecule has 0 heterocycles. The summed E-state index contributed by atoms with van der Waals surface area (Å²) in [4.78, 5) is 0. The van der Waals surface area contributed by atoms with E-state index in [0.29, 0.717) is 5.54 Å². The van der Waals surface area contributed by atoms with Crippen molar-refractivity contribution in [2.24, 2.45) is 0 Å². The van der Waals surface area contributed by atoms with Crippen molar-refractivity contribution in [1.29, 1.82) is 0 Å². The second kappa shape index (κ2) is 7.13. The summed E-state index contributed by atoms with van der Waals surface area (Å²) in [6.45, 7) is 9.72. The Kier molecular flexibility index (Phi) is 4.82. The van der Waals surface area contributed by atoms with Crippen molar-refractivity contribution in [3.8, 4) is 0 Å². The Morgan fingerprint density at radius 3 is 2.41 bits per heavy atom. The molecule has 0 nitrogen and oxygen atoms in total. The molecule has 0 bridgehead atoms. The van der Waals surface area contributed by atoms with E-state index in [2.05, 4.69) is 93.7 Å². The molecule has 1 aliphatic carbocycles. The van der Waals surface area contributed by atoms with Crippen LogP contribution in [0.3, 0.4) is 0 Å². The largest absolute Gasteiger partial charge is 0.0927 e. The molecule has 138 valence electrons.